The number of benzene rings is 1. The number of amides is 1. The molecule has 6 heteroatoms. The number of piperidine rings is 1. The third-order valence-electron chi connectivity index (χ3n) is 5.33. The van der Waals surface area contributed by atoms with Crippen LogP contribution in [0.4, 0.5) is 0 Å². The standard InChI is InChI=1S/C21H29ClN4O/c1-4-5-12-25-13-10-18(11-14-25)23-21(27)17-6-8-19(9-7-17)26-16(3)20(22)15(2)24-26/h6-9,18H,4-5,10-14H2,1-3H3,(H,23,27). The third-order valence-corrected chi connectivity index (χ3v) is 5.87. The van der Waals surface area contributed by atoms with Gasteiger partial charge in [-0.3, -0.25) is 4.79 Å². The topological polar surface area (TPSA) is 50.2 Å². The van der Waals surface area contributed by atoms with Gasteiger partial charge in [-0.1, -0.05) is 24.9 Å². The first-order valence-electron chi connectivity index (χ1n) is 9.85. The molecule has 0 bridgehead atoms. The first-order chi connectivity index (χ1) is 13.0. The molecule has 0 saturated carbocycles. The summed E-state index contributed by atoms with van der Waals surface area (Å²) in [5.41, 5.74) is 3.30. The number of carbonyl (C=O) groups excluding carboxylic acids is 1. The maximum absolute atomic E-state index is 12.6. The SMILES string of the molecule is CCCCN1CCC(NC(=O)c2ccc(-n3nc(C)c(Cl)c3C)cc2)CC1. The van der Waals surface area contributed by atoms with E-state index in [4.69, 9.17) is 11.6 Å². The van der Waals surface area contributed by atoms with E-state index in [1.165, 1.54) is 19.4 Å². The van der Waals surface area contributed by atoms with E-state index in [2.05, 4.69) is 22.2 Å². The number of unbranched alkanes of at least 4 members (excludes halogenated alkanes) is 1. The number of rotatable bonds is 6. The van der Waals surface area contributed by atoms with E-state index in [9.17, 15) is 4.79 Å². The molecule has 146 valence electrons. The number of hydrogen-bond acceptors (Lipinski definition) is 3. The molecule has 0 aliphatic carbocycles. The van der Waals surface area contributed by atoms with Gasteiger partial charge < -0.3 is 10.2 Å². The lowest BCUT2D eigenvalue weighted by atomic mass is 10.0. The highest BCUT2D eigenvalue weighted by Gasteiger charge is 2.21. The van der Waals surface area contributed by atoms with Crippen LogP contribution >= 0.6 is 11.6 Å². The summed E-state index contributed by atoms with van der Waals surface area (Å²) in [6, 6.07) is 7.80. The second kappa shape index (κ2) is 8.89. The molecular formula is C21H29ClN4O. The molecular weight excluding hydrogens is 360 g/mol. The Hall–Kier alpha value is -1.85. The van der Waals surface area contributed by atoms with Crippen LogP contribution in [0.2, 0.25) is 5.02 Å². The third kappa shape index (κ3) is 4.71. The van der Waals surface area contributed by atoms with Gasteiger partial charge in [-0.05, 0) is 63.9 Å². The van der Waals surface area contributed by atoms with Crippen LogP contribution in [0, 0.1) is 13.8 Å². The Bertz CT molecular complexity index is 776. The van der Waals surface area contributed by atoms with Crippen LogP contribution in [0.3, 0.4) is 0 Å². The molecule has 1 amide bonds. The Kier molecular flexibility index (Phi) is 6.55. The second-order valence-corrected chi connectivity index (χ2v) is 7.76. The highest BCUT2D eigenvalue weighted by atomic mass is 35.5. The highest BCUT2D eigenvalue weighted by molar-refractivity contribution is 6.31. The van der Waals surface area contributed by atoms with E-state index < -0.39 is 0 Å². The van der Waals surface area contributed by atoms with Crippen LogP contribution < -0.4 is 5.32 Å². The molecule has 3 rings (SSSR count). The largest absolute Gasteiger partial charge is 0.349 e. The van der Waals surface area contributed by atoms with Gasteiger partial charge in [0.05, 0.1) is 22.1 Å². The monoisotopic (exact) mass is 388 g/mol. The Morgan fingerprint density at radius 3 is 2.44 bits per heavy atom. The predicted octanol–water partition coefficient (Wildman–Crippen LogP) is 4.14. The molecule has 5 nitrogen and oxygen atoms in total. The minimum absolute atomic E-state index is 0.0000385. The van der Waals surface area contributed by atoms with Gasteiger partial charge in [0.25, 0.3) is 5.91 Å². The number of aromatic nitrogens is 2. The zero-order valence-corrected chi connectivity index (χ0v) is 17.2. The average molecular weight is 389 g/mol. The van der Waals surface area contributed by atoms with Gasteiger partial charge >= 0.3 is 0 Å². The van der Waals surface area contributed by atoms with Gasteiger partial charge in [0, 0.05) is 24.7 Å². The Balaban J connectivity index is 1.57. The van der Waals surface area contributed by atoms with Crippen LogP contribution in [0.25, 0.3) is 5.69 Å². The molecule has 0 spiro atoms. The molecule has 0 unspecified atom stereocenters. The summed E-state index contributed by atoms with van der Waals surface area (Å²) in [6.07, 6.45) is 4.54. The minimum Gasteiger partial charge on any atom is -0.349 e. The summed E-state index contributed by atoms with van der Waals surface area (Å²) < 4.78 is 1.81. The zero-order valence-electron chi connectivity index (χ0n) is 16.5. The van der Waals surface area contributed by atoms with Crippen LogP contribution in [0.5, 0.6) is 0 Å². The van der Waals surface area contributed by atoms with Crippen LogP contribution in [-0.2, 0) is 0 Å². The maximum Gasteiger partial charge on any atom is 0.251 e. The first kappa shape index (κ1) is 19.9. The van der Waals surface area contributed by atoms with Crippen molar-refractivity contribution in [1.82, 2.24) is 20.0 Å². The normalized spacial score (nSPS) is 15.9. The molecule has 0 radical (unpaired) electrons. The van der Waals surface area contributed by atoms with E-state index in [1.54, 1.807) is 0 Å². The van der Waals surface area contributed by atoms with Crippen molar-refractivity contribution >= 4 is 17.5 Å². The van der Waals surface area contributed by atoms with Crippen LogP contribution in [0.1, 0.15) is 54.4 Å². The van der Waals surface area contributed by atoms with Gasteiger partial charge in [0.1, 0.15) is 0 Å². The molecule has 1 aromatic heterocycles. The molecule has 27 heavy (non-hydrogen) atoms. The van der Waals surface area contributed by atoms with Crippen molar-refractivity contribution in [3.05, 3.63) is 46.2 Å². The van der Waals surface area contributed by atoms with E-state index in [0.29, 0.717) is 10.6 Å². The Morgan fingerprint density at radius 1 is 1.22 bits per heavy atom. The van der Waals surface area contributed by atoms with Crippen LogP contribution in [-0.4, -0.2) is 46.3 Å². The van der Waals surface area contributed by atoms with Crippen molar-refractivity contribution in [2.45, 2.75) is 52.5 Å². The molecule has 1 saturated heterocycles. The number of halogens is 1. The van der Waals surface area contributed by atoms with Gasteiger partial charge in [0.15, 0.2) is 0 Å². The van der Waals surface area contributed by atoms with Gasteiger partial charge in [0.2, 0.25) is 0 Å². The molecule has 1 aliphatic rings. The predicted molar refractivity (Wildman–Crippen MR) is 110 cm³/mol. The fourth-order valence-corrected chi connectivity index (χ4v) is 3.70. The summed E-state index contributed by atoms with van der Waals surface area (Å²) >= 11 is 6.23. The molecule has 1 fully saturated rings. The number of nitrogens with one attached hydrogen (secondary N) is 1. The highest BCUT2D eigenvalue weighted by Crippen LogP contribution is 2.22. The summed E-state index contributed by atoms with van der Waals surface area (Å²) in [5, 5.41) is 8.32. The smallest absolute Gasteiger partial charge is 0.251 e. The van der Waals surface area contributed by atoms with E-state index in [-0.39, 0.29) is 11.9 Å². The van der Waals surface area contributed by atoms with Crippen molar-refractivity contribution in [3.8, 4) is 5.69 Å². The number of carbonyl (C=O) groups is 1. The van der Waals surface area contributed by atoms with Crippen molar-refractivity contribution < 1.29 is 4.79 Å². The van der Waals surface area contributed by atoms with Crippen molar-refractivity contribution in [2.75, 3.05) is 19.6 Å². The van der Waals surface area contributed by atoms with E-state index in [0.717, 1.165) is 43.0 Å². The molecule has 0 atom stereocenters. The van der Waals surface area contributed by atoms with Crippen molar-refractivity contribution in [2.24, 2.45) is 0 Å². The fourth-order valence-electron chi connectivity index (χ4n) is 3.58. The number of nitrogens with zero attached hydrogens (tertiary/aromatic N) is 3. The second-order valence-electron chi connectivity index (χ2n) is 7.39. The molecule has 1 aliphatic heterocycles. The summed E-state index contributed by atoms with van der Waals surface area (Å²) in [5.74, 6) is -0.0000385. The van der Waals surface area contributed by atoms with Gasteiger partial charge in [-0.15, -0.1) is 0 Å². The first-order valence-corrected chi connectivity index (χ1v) is 10.2. The zero-order chi connectivity index (χ0) is 19.4. The lowest BCUT2D eigenvalue weighted by Gasteiger charge is -2.32. The van der Waals surface area contributed by atoms with Crippen molar-refractivity contribution in [3.63, 3.8) is 0 Å². The van der Waals surface area contributed by atoms with Crippen molar-refractivity contribution in [1.29, 1.82) is 0 Å². The quantitative estimate of drug-likeness (QED) is 0.809. The molecule has 1 aromatic carbocycles. The number of aryl methyl sites for hydroxylation is 1. The minimum atomic E-state index is -0.0000385. The molecule has 1 N–H and O–H groups in total. The Morgan fingerprint density at radius 2 is 1.89 bits per heavy atom. The van der Waals surface area contributed by atoms with E-state index in [1.807, 2.05) is 42.8 Å². The average Bonchev–Trinajstić information content (AvgIpc) is 2.95. The number of likely N-dealkylation sites (tertiary alicyclic amines) is 1. The lowest BCUT2D eigenvalue weighted by Crippen LogP contribution is -2.44. The van der Waals surface area contributed by atoms with Gasteiger partial charge in [-0.2, -0.15) is 5.10 Å². The lowest BCUT2D eigenvalue weighted by molar-refractivity contribution is 0.0911. The van der Waals surface area contributed by atoms with Gasteiger partial charge in [-0.25, -0.2) is 4.68 Å². The Labute approximate surface area is 166 Å². The summed E-state index contributed by atoms with van der Waals surface area (Å²) in [6.45, 7) is 9.37. The number of hydrogen-bond donors (Lipinski definition) is 1. The van der Waals surface area contributed by atoms with Crippen LogP contribution in [0.15, 0.2) is 24.3 Å². The summed E-state index contributed by atoms with van der Waals surface area (Å²) in [7, 11) is 0. The molecule has 2 aromatic rings. The fraction of sp³-hybridized carbons (Fsp3) is 0.524. The maximum atomic E-state index is 12.6. The molecule has 2 heterocycles. The summed E-state index contributed by atoms with van der Waals surface area (Å²) in [4.78, 5) is 15.1. The van der Waals surface area contributed by atoms with E-state index >= 15 is 0 Å².